The Morgan fingerprint density at radius 3 is 2.29 bits per heavy atom. The summed E-state index contributed by atoms with van der Waals surface area (Å²) in [6.07, 6.45) is 5.03. The molecule has 0 aromatic carbocycles. The summed E-state index contributed by atoms with van der Waals surface area (Å²) in [5.74, 6) is 1.97. The number of carbonyl (C=O) groups is 1. The fourth-order valence-electron chi connectivity index (χ4n) is 3.66. The van der Waals surface area contributed by atoms with Crippen LogP contribution in [-0.4, -0.2) is 66.0 Å². The van der Waals surface area contributed by atoms with Gasteiger partial charge in [0.2, 0.25) is 15.9 Å². The van der Waals surface area contributed by atoms with Crippen LogP contribution in [0.5, 0.6) is 0 Å². The molecule has 0 radical (unpaired) electrons. The second kappa shape index (κ2) is 6.46. The molecule has 1 aliphatic carbocycles. The van der Waals surface area contributed by atoms with Crippen molar-refractivity contribution in [2.24, 2.45) is 0 Å². The third kappa shape index (κ3) is 3.10. The molecule has 3 fully saturated rings. The first-order valence-corrected chi connectivity index (χ1v) is 10.6. The summed E-state index contributed by atoms with van der Waals surface area (Å²) in [5.41, 5.74) is 0. The Hall–Kier alpha value is -0.270. The predicted molar refractivity (Wildman–Crippen MR) is 84.8 cm³/mol. The smallest absolute Gasteiger partial charge is 0.241 e. The third-order valence-electron chi connectivity index (χ3n) is 4.86. The molecule has 120 valence electrons. The van der Waals surface area contributed by atoms with Gasteiger partial charge in [-0.1, -0.05) is 12.8 Å². The highest BCUT2D eigenvalue weighted by molar-refractivity contribution is 7.99. The largest absolute Gasteiger partial charge is 0.340 e. The van der Waals surface area contributed by atoms with Gasteiger partial charge in [-0.15, -0.1) is 0 Å². The number of sulfonamides is 1. The van der Waals surface area contributed by atoms with E-state index in [1.807, 2.05) is 16.7 Å². The summed E-state index contributed by atoms with van der Waals surface area (Å²) in [6, 6.07) is -0.432. The molecule has 0 aromatic rings. The SMILES string of the molecule is O=C(C1CCCN1S(=O)(=O)C1CCCC1)N1CCSCC1. The highest BCUT2D eigenvalue weighted by atomic mass is 32.2. The Kier molecular flexibility index (Phi) is 4.81. The van der Waals surface area contributed by atoms with Gasteiger partial charge in [0.1, 0.15) is 6.04 Å². The Labute approximate surface area is 131 Å². The maximum absolute atomic E-state index is 12.8. The van der Waals surface area contributed by atoms with Gasteiger partial charge in [0.05, 0.1) is 5.25 Å². The van der Waals surface area contributed by atoms with E-state index in [9.17, 15) is 13.2 Å². The first-order valence-electron chi connectivity index (χ1n) is 7.98. The molecule has 2 aliphatic heterocycles. The van der Waals surface area contributed by atoms with Crippen LogP contribution in [-0.2, 0) is 14.8 Å². The molecule has 3 aliphatic rings. The molecule has 21 heavy (non-hydrogen) atoms. The normalized spacial score (nSPS) is 29.1. The zero-order chi connectivity index (χ0) is 14.9. The van der Waals surface area contributed by atoms with Crippen molar-refractivity contribution >= 4 is 27.7 Å². The molecule has 1 saturated carbocycles. The second-order valence-corrected chi connectivity index (χ2v) is 9.55. The van der Waals surface area contributed by atoms with E-state index in [1.165, 1.54) is 4.31 Å². The number of amides is 1. The Bertz CT molecular complexity index is 482. The topological polar surface area (TPSA) is 57.7 Å². The van der Waals surface area contributed by atoms with Crippen LogP contribution in [0.25, 0.3) is 0 Å². The van der Waals surface area contributed by atoms with Crippen molar-refractivity contribution < 1.29 is 13.2 Å². The first-order chi connectivity index (χ1) is 10.1. The zero-order valence-electron chi connectivity index (χ0n) is 12.4. The molecule has 3 rings (SSSR count). The molecule has 1 amide bonds. The Balaban J connectivity index is 1.73. The van der Waals surface area contributed by atoms with E-state index >= 15 is 0 Å². The van der Waals surface area contributed by atoms with Crippen LogP contribution in [0.4, 0.5) is 0 Å². The summed E-state index contributed by atoms with van der Waals surface area (Å²) in [7, 11) is -3.29. The minimum atomic E-state index is -3.29. The summed E-state index contributed by atoms with van der Waals surface area (Å²) in [6.45, 7) is 2.05. The maximum Gasteiger partial charge on any atom is 0.241 e. The van der Waals surface area contributed by atoms with Crippen LogP contribution in [0, 0.1) is 0 Å². The van der Waals surface area contributed by atoms with E-state index < -0.39 is 16.1 Å². The molecule has 2 saturated heterocycles. The first kappa shape index (κ1) is 15.6. The number of nitrogens with zero attached hydrogens (tertiary/aromatic N) is 2. The minimum absolute atomic E-state index is 0.0365. The van der Waals surface area contributed by atoms with Crippen LogP contribution in [0.1, 0.15) is 38.5 Å². The second-order valence-electron chi connectivity index (χ2n) is 6.16. The van der Waals surface area contributed by atoms with Gasteiger partial charge in [0.15, 0.2) is 0 Å². The Morgan fingerprint density at radius 2 is 1.62 bits per heavy atom. The lowest BCUT2D eigenvalue weighted by Crippen LogP contribution is -2.51. The standard InChI is InChI=1S/C14H24N2O3S2/c17-14(15-8-10-20-11-9-15)13-6-3-7-16(13)21(18,19)12-4-1-2-5-12/h12-13H,1-11H2. The summed E-state index contributed by atoms with van der Waals surface area (Å²) in [4.78, 5) is 14.5. The van der Waals surface area contributed by atoms with Gasteiger partial charge in [-0.05, 0) is 25.7 Å². The van der Waals surface area contributed by atoms with Crippen LogP contribution in [0.2, 0.25) is 0 Å². The van der Waals surface area contributed by atoms with Crippen LogP contribution < -0.4 is 0 Å². The van der Waals surface area contributed by atoms with Crippen molar-refractivity contribution in [2.45, 2.75) is 49.8 Å². The molecule has 2 heterocycles. The van der Waals surface area contributed by atoms with Crippen molar-refractivity contribution in [3.63, 3.8) is 0 Å². The molecule has 0 spiro atoms. The lowest BCUT2D eigenvalue weighted by Gasteiger charge is -2.33. The number of hydrogen-bond acceptors (Lipinski definition) is 4. The third-order valence-corrected chi connectivity index (χ3v) is 8.21. The van der Waals surface area contributed by atoms with E-state index in [4.69, 9.17) is 0 Å². The lowest BCUT2D eigenvalue weighted by atomic mass is 10.2. The Morgan fingerprint density at radius 1 is 0.952 bits per heavy atom. The number of hydrogen-bond donors (Lipinski definition) is 0. The predicted octanol–water partition coefficient (Wildman–Crippen LogP) is 1.30. The van der Waals surface area contributed by atoms with Gasteiger partial charge in [-0.3, -0.25) is 4.79 Å². The minimum Gasteiger partial charge on any atom is -0.340 e. The lowest BCUT2D eigenvalue weighted by molar-refractivity contribution is -0.134. The van der Waals surface area contributed by atoms with Gasteiger partial charge >= 0.3 is 0 Å². The fourth-order valence-corrected chi connectivity index (χ4v) is 6.81. The number of carbonyl (C=O) groups excluding carboxylic acids is 1. The van der Waals surface area contributed by atoms with Crippen LogP contribution in [0.3, 0.4) is 0 Å². The van der Waals surface area contributed by atoms with Gasteiger partial charge in [0, 0.05) is 31.1 Å². The van der Waals surface area contributed by atoms with E-state index in [-0.39, 0.29) is 11.2 Å². The van der Waals surface area contributed by atoms with Gasteiger partial charge in [-0.2, -0.15) is 16.1 Å². The van der Waals surface area contributed by atoms with Crippen molar-refractivity contribution in [3.8, 4) is 0 Å². The van der Waals surface area contributed by atoms with E-state index in [1.54, 1.807) is 0 Å². The summed E-state index contributed by atoms with van der Waals surface area (Å²) in [5, 5.41) is -0.247. The average Bonchev–Trinajstić information content (AvgIpc) is 3.19. The monoisotopic (exact) mass is 332 g/mol. The molecule has 0 aromatic heterocycles. The average molecular weight is 332 g/mol. The molecule has 0 bridgehead atoms. The van der Waals surface area contributed by atoms with Crippen molar-refractivity contribution in [1.29, 1.82) is 0 Å². The molecular formula is C14H24N2O3S2. The molecule has 1 atom stereocenters. The maximum atomic E-state index is 12.8. The van der Waals surface area contributed by atoms with Gasteiger partial charge in [0.25, 0.3) is 0 Å². The van der Waals surface area contributed by atoms with Crippen LogP contribution >= 0.6 is 11.8 Å². The van der Waals surface area contributed by atoms with Gasteiger partial charge in [-0.25, -0.2) is 8.42 Å². The molecule has 0 N–H and O–H groups in total. The molecule has 1 unspecified atom stereocenters. The number of thioether (sulfide) groups is 1. The highest BCUT2D eigenvalue weighted by Gasteiger charge is 2.44. The fraction of sp³-hybridized carbons (Fsp3) is 0.929. The number of rotatable bonds is 3. The molecule has 7 heteroatoms. The summed E-state index contributed by atoms with van der Waals surface area (Å²) >= 11 is 1.86. The molecule has 5 nitrogen and oxygen atoms in total. The quantitative estimate of drug-likeness (QED) is 0.782. The van der Waals surface area contributed by atoms with Gasteiger partial charge < -0.3 is 4.90 Å². The van der Waals surface area contributed by atoms with E-state index in [0.29, 0.717) is 13.0 Å². The van der Waals surface area contributed by atoms with Crippen molar-refractivity contribution in [2.75, 3.05) is 31.1 Å². The highest BCUT2D eigenvalue weighted by Crippen LogP contribution is 2.32. The zero-order valence-corrected chi connectivity index (χ0v) is 14.0. The van der Waals surface area contributed by atoms with E-state index in [2.05, 4.69) is 0 Å². The van der Waals surface area contributed by atoms with Crippen molar-refractivity contribution in [1.82, 2.24) is 9.21 Å². The van der Waals surface area contributed by atoms with Crippen LogP contribution in [0.15, 0.2) is 0 Å². The van der Waals surface area contributed by atoms with E-state index in [0.717, 1.165) is 56.7 Å². The summed E-state index contributed by atoms with van der Waals surface area (Å²) < 4.78 is 27.1. The molecular weight excluding hydrogens is 308 g/mol. The van der Waals surface area contributed by atoms with Crippen molar-refractivity contribution in [3.05, 3.63) is 0 Å².